The quantitative estimate of drug-likeness (QED) is 0.895. The third-order valence-electron chi connectivity index (χ3n) is 3.85. The van der Waals surface area contributed by atoms with E-state index in [2.05, 4.69) is 4.72 Å². The minimum atomic E-state index is -3.46. The van der Waals surface area contributed by atoms with E-state index in [9.17, 15) is 8.42 Å². The molecule has 0 aliphatic heterocycles. The first-order valence-electron chi connectivity index (χ1n) is 6.77. The maximum atomic E-state index is 12.3. The van der Waals surface area contributed by atoms with Crippen LogP contribution in [0, 0.1) is 6.92 Å². The molecule has 4 nitrogen and oxygen atoms in total. The molecule has 6 heteroatoms. The molecule has 1 aromatic rings. The summed E-state index contributed by atoms with van der Waals surface area (Å²) in [6, 6.07) is 7.00. The Balaban J connectivity index is 0.00000200. The Morgan fingerprint density at radius 3 is 2.40 bits per heavy atom. The summed E-state index contributed by atoms with van der Waals surface area (Å²) in [4.78, 5) is 0.342. The summed E-state index contributed by atoms with van der Waals surface area (Å²) in [6.45, 7) is 2.12. The fraction of sp³-hybridized carbons (Fsp3) is 0.571. The van der Waals surface area contributed by atoms with Crippen LogP contribution in [0.15, 0.2) is 29.2 Å². The van der Waals surface area contributed by atoms with Crippen molar-refractivity contribution in [3.05, 3.63) is 29.8 Å². The zero-order chi connectivity index (χ0) is 13.9. The van der Waals surface area contributed by atoms with Crippen LogP contribution in [0.5, 0.6) is 0 Å². The molecule has 0 radical (unpaired) electrons. The molecule has 1 aliphatic rings. The van der Waals surface area contributed by atoms with Gasteiger partial charge >= 0.3 is 0 Å². The van der Waals surface area contributed by atoms with Crippen LogP contribution in [0.1, 0.15) is 37.7 Å². The van der Waals surface area contributed by atoms with E-state index in [0.717, 1.165) is 31.2 Å². The molecule has 114 valence electrons. The number of nitrogens with two attached hydrogens (primary N) is 1. The highest BCUT2D eigenvalue weighted by molar-refractivity contribution is 7.89. The van der Waals surface area contributed by atoms with Crippen molar-refractivity contribution in [3.63, 3.8) is 0 Å². The fourth-order valence-corrected chi connectivity index (χ4v) is 3.99. The number of sulfonamides is 1. The Labute approximate surface area is 127 Å². The molecule has 0 saturated heterocycles. The van der Waals surface area contributed by atoms with Gasteiger partial charge in [0.2, 0.25) is 10.0 Å². The van der Waals surface area contributed by atoms with Crippen LogP contribution in [0.2, 0.25) is 0 Å². The molecule has 2 rings (SSSR count). The van der Waals surface area contributed by atoms with Crippen molar-refractivity contribution in [1.82, 2.24) is 4.72 Å². The fourth-order valence-electron chi connectivity index (χ4n) is 2.61. The summed E-state index contributed by atoms with van der Waals surface area (Å²) in [7, 11) is -3.46. The normalized spacial score (nSPS) is 18.3. The summed E-state index contributed by atoms with van der Waals surface area (Å²) < 4.78 is 27.2. The predicted molar refractivity (Wildman–Crippen MR) is 83.6 cm³/mol. The second kappa shape index (κ2) is 6.89. The van der Waals surface area contributed by atoms with Gasteiger partial charge in [0, 0.05) is 12.1 Å². The standard InChI is InChI=1S/C14H22N2O2S.ClH/c1-12-7-3-4-8-13(12)19(17,18)16-11-14(15)9-5-2-6-10-14;/h3-4,7-8,16H,2,5-6,9-11,15H2,1H3;1H. The minimum absolute atomic E-state index is 0. The number of rotatable bonds is 4. The Hall–Kier alpha value is -0.620. The second-order valence-electron chi connectivity index (χ2n) is 5.51. The van der Waals surface area contributed by atoms with Crippen LogP contribution in [0.3, 0.4) is 0 Å². The number of aryl methyl sites for hydroxylation is 1. The molecule has 1 saturated carbocycles. The van der Waals surface area contributed by atoms with Gasteiger partial charge in [0.25, 0.3) is 0 Å². The summed E-state index contributed by atoms with van der Waals surface area (Å²) in [5.74, 6) is 0. The van der Waals surface area contributed by atoms with Crippen molar-refractivity contribution in [3.8, 4) is 0 Å². The van der Waals surface area contributed by atoms with Gasteiger partial charge in [-0.15, -0.1) is 12.4 Å². The molecule has 0 heterocycles. The van der Waals surface area contributed by atoms with Gasteiger partial charge in [0.05, 0.1) is 4.90 Å². The topological polar surface area (TPSA) is 72.2 Å². The van der Waals surface area contributed by atoms with E-state index >= 15 is 0 Å². The lowest BCUT2D eigenvalue weighted by molar-refractivity contribution is 0.296. The lowest BCUT2D eigenvalue weighted by Crippen LogP contribution is -2.51. The molecule has 0 aromatic heterocycles. The SMILES string of the molecule is Cc1ccccc1S(=O)(=O)NCC1(N)CCCCC1.Cl. The van der Waals surface area contributed by atoms with Crippen LogP contribution < -0.4 is 10.5 Å². The minimum Gasteiger partial charge on any atom is -0.324 e. The van der Waals surface area contributed by atoms with Crippen molar-refractivity contribution in [1.29, 1.82) is 0 Å². The van der Waals surface area contributed by atoms with Crippen molar-refractivity contribution in [2.45, 2.75) is 49.5 Å². The van der Waals surface area contributed by atoms with Crippen LogP contribution in [0.25, 0.3) is 0 Å². The molecule has 0 atom stereocenters. The molecule has 3 N–H and O–H groups in total. The average molecular weight is 319 g/mol. The highest BCUT2D eigenvalue weighted by Gasteiger charge is 2.29. The van der Waals surface area contributed by atoms with Crippen molar-refractivity contribution >= 4 is 22.4 Å². The maximum absolute atomic E-state index is 12.3. The molecule has 20 heavy (non-hydrogen) atoms. The largest absolute Gasteiger partial charge is 0.324 e. The molecule has 0 amide bonds. The number of benzene rings is 1. The van der Waals surface area contributed by atoms with Gasteiger partial charge in [-0.25, -0.2) is 13.1 Å². The van der Waals surface area contributed by atoms with E-state index in [1.54, 1.807) is 25.1 Å². The predicted octanol–water partition coefficient (Wildman–Crippen LogP) is 2.36. The second-order valence-corrected chi connectivity index (χ2v) is 7.25. The molecule has 0 unspecified atom stereocenters. The van der Waals surface area contributed by atoms with Gasteiger partial charge in [0.15, 0.2) is 0 Å². The Kier molecular flexibility index (Phi) is 6.01. The Morgan fingerprint density at radius 2 is 1.80 bits per heavy atom. The van der Waals surface area contributed by atoms with Gasteiger partial charge in [-0.2, -0.15) is 0 Å². The first-order valence-corrected chi connectivity index (χ1v) is 8.25. The Bertz CT molecular complexity index is 540. The number of hydrogen-bond donors (Lipinski definition) is 2. The molecule has 1 aliphatic carbocycles. The highest BCUT2D eigenvalue weighted by atomic mass is 35.5. The van der Waals surface area contributed by atoms with Crippen molar-refractivity contribution in [2.75, 3.05) is 6.54 Å². The summed E-state index contributed by atoms with van der Waals surface area (Å²) >= 11 is 0. The zero-order valence-electron chi connectivity index (χ0n) is 11.8. The van der Waals surface area contributed by atoms with Crippen molar-refractivity contribution < 1.29 is 8.42 Å². The van der Waals surface area contributed by atoms with Crippen LogP contribution in [-0.2, 0) is 10.0 Å². The molecular weight excluding hydrogens is 296 g/mol. The van der Waals surface area contributed by atoms with E-state index in [0.29, 0.717) is 11.4 Å². The third kappa shape index (κ3) is 4.19. The van der Waals surface area contributed by atoms with E-state index in [4.69, 9.17) is 5.73 Å². The van der Waals surface area contributed by atoms with E-state index in [1.807, 2.05) is 6.07 Å². The van der Waals surface area contributed by atoms with Gasteiger partial charge in [-0.1, -0.05) is 37.5 Å². The number of nitrogens with one attached hydrogen (secondary N) is 1. The lowest BCUT2D eigenvalue weighted by Gasteiger charge is -2.33. The van der Waals surface area contributed by atoms with Crippen LogP contribution in [0.4, 0.5) is 0 Å². The van der Waals surface area contributed by atoms with Crippen molar-refractivity contribution in [2.24, 2.45) is 5.73 Å². The maximum Gasteiger partial charge on any atom is 0.240 e. The van der Waals surface area contributed by atoms with Gasteiger partial charge in [-0.05, 0) is 31.4 Å². The molecule has 1 aromatic carbocycles. The molecule has 1 fully saturated rings. The summed E-state index contributed by atoms with van der Waals surface area (Å²) in [5, 5.41) is 0. The molecule has 0 bridgehead atoms. The molecular formula is C14H23ClN2O2S. The van der Waals surface area contributed by atoms with Crippen LogP contribution >= 0.6 is 12.4 Å². The Morgan fingerprint density at radius 1 is 1.20 bits per heavy atom. The lowest BCUT2D eigenvalue weighted by atomic mass is 9.83. The number of hydrogen-bond acceptors (Lipinski definition) is 3. The zero-order valence-corrected chi connectivity index (χ0v) is 13.4. The average Bonchev–Trinajstić information content (AvgIpc) is 2.38. The first kappa shape index (κ1) is 17.4. The van der Waals surface area contributed by atoms with Gasteiger partial charge < -0.3 is 5.73 Å². The third-order valence-corrected chi connectivity index (χ3v) is 5.41. The first-order chi connectivity index (χ1) is 8.93. The number of halogens is 1. The summed E-state index contributed by atoms with van der Waals surface area (Å²) in [5.41, 5.74) is 6.63. The van der Waals surface area contributed by atoms with E-state index in [-0.39, 0.29) is 17.9 Å². The summed E-state index contributed by atoms with van der Waals surface area (Å²) in [6.07, 6.45) is 5.15. The van der Waals surface area contributed by atoms with Gasteiger partial charge in [-0.3, -0.25) is 0 Å². The van der Waals surface area contributed by atoms with E-state index in [1.165, 1.54) is 6.42 Å². The highest BCUT2D eigenvalue weighted by Crippen LogP contribution is 2.25. The monoisotopic (exact) mass is 318 g/mol. The molecule has 0 spiro atoms. The van der Waals surface area contributed by atoms with Gasteiger partial charge in [0.1, 0.15) is 0 Å². The van der Waals surface area contributed by atoms with E-state index < -0.39 is 10.0 Å². The van der Waals surface area contributed by atoms with Crippen LogP contribution in [-0.4, -0.2) is 20.5 Å². The smallest absolute Gasteiger partial charge is 0.240 e.